The number of quaternary nitrogens is 1. The summed E-state index contributed by atoms with van der Waals surface area (Å²) in [5.74, 6) is 2.52. The Morgan fingerprint density at radius 1 is 1.08 bits per heavy atom. The van der Waals surface area contributed by atoms with Crippen LogP contribution in [0, 0.1) is 11.8 Å². The molecular weight excluding hydrogens is 371 g/mol. The van der Waals surface area contributed by atoms with Gasteiger partial charge in [-0.1, -0.05) is 26.0 Å². The maximum Gasteiger partial charge on any atom is 0.152 e. The molecule has 1 spiro atoms. The molecule has 3 saturated heterocycles. The fraction of sp³-hybridized carbons (Fsp3) is 0.800. The van der Waals surface area contributed by atoms with Crippen molar-refractivity contribution in [3.63, 3.8) is 0 Å². The fourth-order valence-corrected chi connectivity index (χ4v) is 4.05. The van der Waals surface area contributed by atoms with E-state index in [0.29, 0.717) is 12.0 Å². The molecular formula is C20H38Cl2N2O2. The van der Waals surface area contributed by atoms with Gasteiger partial charge in [0.15, 0.2) is 6.10 Å². The van der Waals surface area contributed by atoms with Gasteiger partial charge in [0, 0.05) is 24.9 Å². The van der Waals surface area contributed by atoms with Gasteiger partial charge in [-0.15, -0.1) is 24.8 Å². The molecule has 2 N–H and O–H groups in total. The molecule has 3 aliphatic rings. The Bertz CT molecular complexity index is 364. The number of hydrogen-bond donors (Lipinski definition) is 2. The first-order chi connectivity index (χ1) is 12.0. The molecule has 0 aromatic heterocycles. The molecule has 0 amide bonds. The molecule has 154 valence electrons. The molecule has 0 aromatic carbocycles. The standard InChI is InChI=1S/C11H22NO.C6H11N.C3H5ClO.ClH/c1-3-9-5-12(6-10(9)4-2)7-11(13)8-12;1-3-5-7-6-4-2;4-1-3-2-5-3;/h9-11,13H,3-8H2,1-2H3;3-4,7H,1-2,5-6H2;3H,1-2H2;1H/q+1;;;/p-1. The quantitative estimate of drug-likeness (QED) is 0.202. The summed E-state index contributed by atoms with van der Waals surface area (Å²) in [7, 11) is 0. The van der Waals surface area contributed by atoms with Gasteiger partial charge in [0.1, 0.15) is 13.1 Å². The number of aliphatic hydroxyl groups excluding tert-OH is 1. The van der Waals surface area contributed by atoms with Crippen molar-refractivity contribution < 1.29 is 26.7 Å². The number of rotatable bonds is 7. The van der Waals surface area contributed by atoms with E-state index in [1.165, 1.54) is 30.4 Å². The SMILES string of the molecule is C=CCNCC=C.CCC1C[N+]2(CC(O)C2)CC1CC.ClCC1CO1.[Cl-]. The molecule has 3 unspecified atom stereocenters. The molecule has 26 heavy (non-hydrogen) atoms. The maximum absolute atomic E-state index is 9.38. The first-order valence-corrected chi connectivity index (χ1v) is 10.2. The number of nitrogens with one attached hydrogen (secondary N) is 1. The van der Waals surface area contributed by atoms with E-state index in [1.54, 1.807) is 0 Å². The van der Waals surface area contributed by atoms with E-state index in [9.17, 15) is 5.11 Å². The molecule has 3 fully saturated rings. The minimum absolute atomic E-state index is 0. The van der Waals surface area contributed by atoms with E-state index in [1.807, 2.05) is 12.2 Å². The number of epoxide rings is 1. The lowest BCUT2D eigenvalue weighted by Crippen LogP contribution is -3.00. The van der Waals surface area contributed by atoms with Gasteiger partial charge in [-0.05, 0) is 12.8 Å². The lowest BCUT2D eigenvalue weighted by molar-refractivity contribution is -0.964. The molecule has 0 aromatic rings. The highest BCUT2D eigenvalue weighted by atomic mass is 35.5. The predicted octanol–water partition coefficient (Wildman–Crippen LogP) is -0.180. The summed E-state index contributed by atoms with van der Waals surface area (Å²) >= 11 is 5.27. The topological polar surface area (TPSA) is 44.8 Å². The Morgan fingerprint density at radius 2 is 1.54 bits per heavy atom. The third-order valence-electron chi connectivity index (χ3n) is 5.31. The summed E-state index contributed by atoms with van der Waals surface area (Å²) in [5, 5.41) is 12.4. The summed E-state index contributed by atoms with van der Waals surface area (Å²) in [6.07, 6.45) is 6.71. The van der Waals surface area contributed by atoms with Crippen molar-refractivity contribution >= 4 is 11.6 Å². The molecule has 6 heteroatoms. The zero-order chi connectivity index (χ0) is 18.7. The molecule has 0 radical (unpaired) electrons. The van der Waals surface area contributed by atoms with Crippen molar-refractivity contribution in [1.82, 2.24) is 5.32 Å². The van der Waals surface area contributed by atoms with E-state index in [0.717, 1.165) is 44.6 Å². The van der Waals surface area contributed by atoms with Crippen molar-refractivity contribution in [3.05, 3.63) is 25.3 Å². The second kappa shape index (κ2) is 14.0. The first-order valence-electron chi connectivity index (χ1n) is 9.67. The van der Waals surface area contributed by atoms with Crippen LogP contribution in [0.4, 0.5) is 0 Å². The molecule has 0 aliphatic carbocycles. The Balaban J connectivity index is 0.000000408. The van der Waals surface area contributed by atoms with E-state index in [2.05, 4.69) is 32.3 Å². The van der Waals surface area contributed by atoms with E-state index in [4.69, 9.17) is 16.3 Å². The van der Waals surface area contributed by atoms with Gasteiger partial charge >= 0.3 is 0 Å². The van der Waals surface area contributed by atoms with Crippen LogP contribution in [-0.2, 0) is 4.74 Å². The highest BCUT2D eigenvalue weighted by Crippen LogP contribution is 2.38. The molecule has 3 atom stereocenters. The lowest BCUT2D eigenvalue weighted by Gasteiger charge is -2.45. The second-order valence-electron chi connectivity index (χ2n) is 7.41. The van der Waals surface area contributed by atoms with Crippen LogP contribution in [0.5, 0.6) is 0 Å². The zero-order valence-corrected chi connectivity index (χ0v) is 18.0. The average Bonchev–Trinajstić information content (AvgIpc) is 3.36. The third kappa shape index (κ3) is 9.20. The predicted molar refractivity (Wildman–Crippen MR) is 107 cm³/mol. The Hall–Kier alpha value is -0.100. The molecule has 4 nitrogen and oxygen atoms in total. The van der Waals surface area contributed by atoms with E-state index in [-0.39, 0.29) is 18.5 Å². The molecule has 3 heterocycles. The van der Waals surface area contributed by atoms with Crippen LogP contribution in [0.15, 0.2) is 25.3 Å². The number of ether oxygens (including phenoxy) is 1. The van der Waals surface area contributed by atoms with Gasteiger partial charge in [0.05, 0.1) is 31.7 Å². The highest BCUT2D eigenvalue weighted by molar-refractivity contribution is 6.18. The lowest BCUT2D eigenvalue weighted by atomic mass is 9.92. The van der Waals surface area contributed by atoms with Crippen molar-refractivity contribution in [2.75, 3.05) is 51.8 Å². The van der Waals surface area contributed by atoms with Crippen molar-refractivity contribution in [2.45, 2.75) is 38.9 Å². The van der Waals surface area contributed by atoms with Gasteiger partial charge in [-0.2, -0.15) is 0 Å². The smallest absolute Gasteiger partial charge is 0.152 e. The van der Waals surface area contributed by atoms with E-state index >= 15 is 0 Å². The first kappa shape index (κ1) is 25.9. The Labute approximate surface area is 171 Å². The normalized spacial score (nSPS) is 33.5. The molecule has 0 saturated carbocycles. The Kier molecular flexibility index (Phi) is 13.9. The number of halogens is 2. The van der Waals surface area contributed by atoms with E-state index < -0.39 is 0 Å². The largest absolute Gasteiger partial charge is 1.00 e. The van der Waals surface area contributed by atoms with Crippen molar-refractivity contribution in [1.29, 1.82) is 0 Å². The molecule has 3 aliphatic heterocycles. The van der Waals surface area contributed by atoms with Crippen LogP contribution >= 0.6 is 11.6 Å². The molecule has 3 rings (SSSR count). The monoisotopic (exact) mass is 408 g/mol. The van der Waals surface area contributed by atoms with Crippen LogP contribution < -0.4 is 17.7 Å². The summed E-state index contributed by atoms with van der Waals surface area (Å²) in [6, 6.07) is 0. The van der Waals surface area contributed by atoms with Crippen LogP contribution in [0.1, 0.15) is 26.7 Å². The summed E-state index contributed by atoms with van der Waals surface area (Å²) in [6.45, 7) is 19.1. The number of alkyl halides is 1. The third-order valence-corrected chi connectivity index (χ3v) is 5.65. The van der Waals surface area contributed by atoms with Crippen molar-refractivity contribution in [3.8, 4) is 0 Å². The van der Waals surface area contributed by atoms with Gasteiger partial charge in [0.25, 0.3) is 0 Å². The van der Waals surface area contributed by atoms with Gasteiger partial charge in [-0.3, -0.25) is 0 Å². The number of aliphatic hydroxyl groups is 1. The maximum atomic E-state index is 9.38. The van der Waals surface area contributed by atoms with Gasteiger partial charge < -0.3 is 32.1 Å². The zero-order valence-electron chi connectivity index (χ0n) is 16.5. The number of nitrogens with zero attached hydrogens (tertiary/aromatic N) is 1. The van der Waals surface area contributed by atoms with Crippen LogP contribution in [0.2, 0.25) is 0 Å². The molecule has 0 bridgehead atoms. The second-order valence-corrected chi connectivity index (χ2v) is 7.72. The fourth-order valence-electron chi connectivity index (χ4n) is 3.88. The van der Waals surface area contributed by atoms with Crippen LogP contribution in [-0.4, -0.2) is 73.6 Å². The summed E-state index contributed by atoms with van der Waals surface area (Å²) < 4.78 is 5.96. The minimum atomic E-state index is 0. The van der Waals surface area contributed by atoms with Gasteiger partial charge in [0.2, 0.25) is 0 Å². The summed E-state index contributed by atoms with van der Waals surface area (Å²) in [4.78, 5) is 0. The minimum Gasteiger partial charge on any atom is -1.00 e. The average molecular weight is 409 g/mol. The highest BCUT2D eigenvalue weighted by Gasteiger charge is 2.51. The van der Waals surface area contributed by atoms with Crippen LogP contribution in [0.25, 0.3) is 0 Å². The summed E-state index contributed by atoms with van der Waals surface area (Å²) in [5.41, 5.74) is 0. The number of hydrogen-bond acceptors (Lipinski definition) is 3. The van der Waals surface area contributed by atoms with Crippen LogP contribution in [0.3, 0.4) is 0 Å². The van der Waals surface area contributed by atoms with Crippen molar-refractivity contribution in [2.24, 2.45) is 11.8 Å². The van der Waals surface area contributed by atoms with Gasteiger partial charge in [-0.25, -0.2) is 0 Å². The Morgan fingerprint density at radius 3 is 1.77 bits per heavy atom.